The third kappa shape index (κ3) is 2.20. The summed E-state index contributed by atoms with van der Waals surface area (Å²) < 4.78 is 0. The molecule has 0 aliphatic carbocycles. The van der Waals surface area contributed by atoms with E-state index in [0.717, 1.165) is 11.1 Å². The van der Waals surface area contributed by atoms with Gasteiger partial charge in [0.15, 0.2) is 11.7 Å². The minimum atomic E-state index is 0.370. The highest BCUT2D eigenvalue weighted by molar-refractivity contribution is 6.36. The Balaban J connectivity index is 2.11. The molecule has 1 aromatic carbocycles. The fourth-order valence-corrected chi connectivity index (χ4v) is 2.23. The Morgan fingerprint density at radius 2 is 1.84 bits per heavy atom. The quantitative estimate of drug-likeness (QED) is 0.877. The molecule has 3 rings (SSSR count). The smallest absolute Gasteiger partial charge is 0.173 e. The van der Waals surface area contributed by atoms with Crippen LogP contribution in [0.15, 0.2) is 46.5 Å². The van der Waals surface area contributed by atoms with Crippen LogP contribution in [0.2, 0.25) is 10.0 Å². The van der Waals surface area contributed by atoms with Crippen molar-refractivity contribution in [2.24, 2.45) is 15.7 Å². The van der Waals surface area contributed by atoms with Gasteiger partial charge in [-0.2, -0.15) is 0 Å². The molecular formula is C13H8Cl2N4. The van der Waals surface area contributed by atoms with E-state index in [-0.39, 0.29) is 0 Å². The lowest BCUT2D eigenvalue weighted by Crippen LogP contribution is -2.09. The van der Waals surface area contributed by atoms with Crippen LogP contribution >= 0.6 is 23.2 Å². The van der Waals surface area contributed by atoms with Crippen LogP contribution < -0.4 is 5.73 Å². The molecule has 4 nitrogen and oxygen atoms in total. The molecule has 94 valence electrons. The van der Waals surface area contributed by atoms with Gasteiger partial charge in [-0.1, -0.05) is 47.5 Å². The molecular weight excluding hydrogens is 283 g/mol. The van der Waals surface area contributed by atoms with Crippen molar-refractivity contribution in [2.45, 2.75) is 0 Å². The number of fused-ring (bicyclic) bond motifs is 1. The molecule has 1 aliphatic heterocycles. The van der Waals surface area contributed by atoms with E-state index >= 15 is 0 Å². The first-order valence-electron chi connectivity index (χ1n) is 5.49. The normalized spacial score (nSPS) is 15.5. The molecule has 6 heteroatoms. The predicted octanol–water partition coefficient (Wildman–Crippen LogP) is 3.19. The van der Waals surface area contributed by atoms with Gasteiger partial charge in [-0.3, -0.25) is 0 Å². The second-order valence-electron chi connectivity index (χ2n) is 3.94. The summed E-state index contributed by atoms with van der Waals surface area (Å²) in [5.41, 5.74) is 7.58. The molecule has 0 radical (unpaired) electrons. The summed E-state index contributed by atoms with van der Waals surface area (Å²) in [4.78, 5) is 12.6. The fourth-order valence-electron chi connectivity index (χ4n) is 1.81. The molecule has 0 saturated heterocycles. The van der Waals surface area contributed by atoms with Crippen LogP contribution in [0.1, 0.15) is 11.1 Å². The van der Waals surface area contributed by atoms with E-state index in [9.17, 15) is 0 Å². The number of rotatable bonds is 1. The number of nitrogens with two attached hydrogens (primary N) is 1. The number of aromatic nitrogens is 1. The van der Waals surface area contributed by atoms with E-state index < -0.39 is 0 Å². The third-order valence-corrected chi connectivity index (χ3v) is 3.16. The maximum absolute atomic E-state index is 6.04. The van der Waals surface area contributed by atoms with E-state index in [0.29, 0.717) is 27.5 Å². The van der Waals surface area contributed by atoms with Crippen molar-refractivity contribution >= 4 is 40.7 Å². The SMILES string of the molecule is NC1=N/C(=N\c2ncc(Cl)cc2Cl)c2ccccc21. The molecule has 0 atom stereocenters. The Morgan fingerprint density at radius 1 is 1.11 bits per heavy atom. The van der Waals surface area contributed by atoms with Crippen LogP contribution in [-0.4, -0.2) is 16.7 Å². The number of halogens is 2. The summed E-state index contributed by atoms with van der Waals surface area (Å²) in [6.45, 7) is 0. The summed E-state index contributed by atoms with van der Waals surface area (Å²) in [5.74, 6) is 1.32. The van der Waals surface area contributed by atoms with Crippen molar-refractivity contribution in [3.8, 4) is 0 Å². The molecule has 0 saturated carbocycles. The summed E-state index contributed by atoms with van der Waals surface area (Å²) >= 11 is 11.8. The maximum Gasteiger partial charge on any atom is 0.173 e. The molecule has 2 aromatic rings. The summed E-state index contributed by atoms with van der Waals surface area (Å²) in [7, 11) is 0. The Morgan fingerprint density at radius 3 is 2.58 bits per heavy atom. The van der Waals surface area contributed by atoms with Crippen LogP contribution in [0.4, 0.5) is 5.82 Å². The molecule has 1 aromatic heterocycles. The predicted molar refractivity (Wildman–Crippen MR) is 77.6 cm³/mol. The highest BCUT2D eigenvalue weighted by Crippen LogP contribution is 2.27. The Labute approximate surface area is 119 Å². The van der Waals surface area contributed by atoms with Gasteiger partial charge in [0.25, 0.3) is 0 Å². The van der Waals surface area contributed by atoms with Gasteiger partial charge in [-0.15, -0.1) is 0 Å². The number of hydrogen-bond acceptors (Lipinski definition) is 3. The number of benzene rings is 1. The minimum Gasteiger partial charge on any atom is -0.383 e. The van der Waals surface area contributed by atoms with Gasteiger partial charge in [0.2, 0.25) is 0 Å². The Bertz CT molecular complexity index is 722. The first kappa shape index (κ1) is 12.1. The van der Waals surface area contributed by atoms with Crippen LogP contribution in [-0.2, 0) is 0 Å². The van der Waals surface area contributed by atoms with Crippen molar-refractivity contribution in [1.29, 1.82) is 0 Å². The van der Waals surface area contributed by atoms with Gasteiger partial charge in [-0.05, 0) is 6.07 Å². The molecule has 0 bridgehead atoms. The topological polar surface area (TPSA) is 63.6 Å². The second-order valence-corrected chi connectivity index (χ2v) is 4.78. The van der Waals surface area contributed by atoms with Crippen molar-refractivity contribution in [1.82, 2.24) is 4.98 Å². The van der Waals surface area contributed by atoms with Crippen molar-refractivity contribution in [3.63, 3.8) is 0 Å². The maximum atomic E-state index is 6.04. The highest BCUT2D eigenvalue weighted by Gasteiger charge is 2.19. The van der Waals surface area contributed by atoms with E-state index in [1.165, 1.54) is 6.20 Å². The number of amidine groups is 2. The second kappa shape index (κ2) is 4.64. The average molecular weight is 291 g/mol. The molecule has 0 amide bonds. The first-order chi connectivity index (χ1) is 9.15. The lowest BCUT2D eigenvalue weighted by molar-refractivity contribution is 1.27. The summed E-state index contributed by atoms with van der Waals surface area (Å²) in [6.07, 6.45) is 1.49. The first-order valence-corrected chi connectivity index (χ1v) is 6.24. The Kier molecular flexibility index (Phi) is 2.97. The fraction of sp³-hybridized carbons (Fsp3) is 0. The van der Waals surface area contributed by atoms with E-state index in [1.807, 2.05) is 24.3 Å². The number of aliphatic imine (C=N–C) groups is 2. The van der Waals surface area contributed by atoms with Crippen LogP contribution in [0.5, 0.6) is 0 Å². The van der Waals surface area contributed by atoms with Crippen LogP contribution in [0.3, 0.4) is 0 Å². The van der Waals surface area contributed by atoms with Crippen LogP contribution in [0.25, 0.3) is 0 Å². The summed E-state index contributed by atoms with van der Waals surface area (Å²) in [6, 6.07) is 9.19. The number of nitrogens with zero attached hydrogens (tertiary/aromatic N) is 3. The van der Waals surface area contributed by atoms with E-state index in [1.54, 1.807) is 6.07 Å². The molecule has 1 aliphatic rings. The lowest BCUT2D eigenvalue weighted by Gasteiger charge is -2.00. The zero-order valence-corrected chi connectivity index (χ0v) is 11.2. The minimum absolute atomic E-state index is 0.370. The van der Waals surface area contributed by atoms with Gasteiger partial charge in [-0.25, -0.2) is 15.0 Å². The molecule has 2 N–H and O–H groups in total. The van der Waals surface area contributed by atoms with Gasteiger partial charge < -0.3 is 5.73 Å². The number of pyridine rings is 1. The van der Waals surface area contributed by atoms with Crippen molar-refractivity contribution in [2.75, 3.05) is 0 Å². The monoisotopic (exact) mass is 290 g/mol. The van der Waals surface area contributed by atoms with E-state index in [4.69, 9.17) is 28.9 Å². The van der Waals surface area contributed by atoms with Gasteiger partial charge >= 0.3 is 0 Å². The Hall–Kier alpha value is -1.91. The zero-order chi connectivity index (χ0) is 13.4. The van der Waals surface area contributed by atoms with Gasteiger partial charge in [0.05, 0.1) is 10.0 Å². The molecule has 0 unspecified atom stereocenters. The third-order valence-electron chi connectivity index (χ3n) is 2.67. The molecule has 2 heterocycles. The molecule has 19 heavy (non-hydrogen) atoms. The summed E-state index contributed by atoms with van der Waals surface area (Å²) in [5, 5.41) is 0.835. The number of hydrogen-bond donors (Lipinski definition) is 1. The van der Waals surface area contributed by atoms with Gasteiger partial charge in [0.1, 0.15) is 5.84 Å². The van der Waals surface area contributed by atoms with Crippen molar-refractivity contribution in [3.05, 3.63) is 57.7 Å². The highest BCUT2D eigenvalue weighted by atomic mass is 35.5. The molecule has 0 fully saturated rings. The largest absolute Gasteiger partial charge is 0.383 e. The van der Waals surface area contributed by atoms with E-state index in [2.05, 4.69) is 15.0 Å². The van der Waals surface area contributed by atoms with Gasteiger partial charge in [0, 0.05) is 17.3 Å². The average Bonchev–Trinajstić information content (AvgIpc) is 2.71. The van der Waals surface area contributed by atoms with Crippen LogP contribution in [0, 0.1) is 0 Å². The molecule has 0 spiro atoms. The van der Waals surface area contributed by atoms with Crippen molar-refractivity contribution < 1.29 is 0 Å². The standard InChI is InChI=1S/C13H8Cl2N4/c14-7-5-10(15)13(17-6-7)19-12-9-4-2-1-3-8(9)11(16)18-12/h1-6H,(H2,16,17,18,19). The zero-order valence-electron chi connectivity index (χ0n) is 9.64. The lowest BCUT2D eigenvalue weighted by atomic mass is 10.1.